The van der Waals surface area contributed by atoms with Gasteiger partial charge in [0.1, 0.15) is 5.52 Å². The van der Waals surface area contributed by atoms with Gasteiger partial charge < -0.3 is 9.73 Å². The van der Waals surface area contributed by atoms with Crippen molar-refractivity contribution in [3.8, 4) is 11.5 Å². The van der Waals surface area contributed by atoms with Crippen LogP contribution in [0.2, 0.25) is 5.02 Å². The highest BCUT2D eigenvalue weighted by Gasteiger charge is 2.13. The number of fused-ring (bicyclic) bond motifs is 1. The Balaban J connectivity index is 1.67. The van der Waals surface area contributed by atoms with E-state index in [0.29, 0.717) is 38.8 Å². The minimum Gasteiger partial charge on any atom is -0.436 e. The lowest BCUT2D eigenvalue weighted by Gasteiger charge is -2.08. The molecule has 0 saturated carbocycles. The zero-order chi connectivity index (χ0) is 17.2. The molecule has 4 rings (SSSR count). The van der Waals surface area contributed by atoms with Crippen LogP contribution < -0.4 is 5.32 Å². The number of nitrogens with one attached hydrogen (secondary N) is 1. The highest BCUT2D eigenvalue weighted by Crippen LogP contribution is 2.30. The van der Waals surface area contributed by atoms with Gasteiger partial charge in [-0.25, -0.2) is 4.98 Å². The van der Waals surface area contributed by atoms with E-state index >= 15 is 0 Å². The van der Waals surface area contributed by atoms with Crippen molar-refractivity contribution < 1.29 is 9.21 Å². The van der Waals surface area contributed by atoms with Crippen LogP contribution in [0.3, 0.4) is 0 Å². The van der Waals surface area contributed by atoms with E-state index in [9.17, 15) is 4.79 Å². The summed E-state index contributed by atoms with van der Waals surface area (Å²) in [5.74, 6) is 0.205. The van der Waals surface area contributed by atoms with E-state index in [1.54, 1.807) is 60.9 Å². The van der Waals surface area contributed by atoms with Crippen molar-refractivity contribution in [3.63, 3.8) is 0 Å². The Morgan fingerprint density at radius 2 is 1.92 bits per heavy atom. The van der Waals surface area contributed by atoms with Gasteiger partial charge in [-0.15, -0.1) is 0 Å². The van der Waals surface area contributed by atoms with E-state index in [1.165, 1.54) is 0 Å². The summed E-state index contributed by atoms with van der Waals surface area (Å²) in [4.78, 5) is 20.8. The molecular weight excluding hydrogens is 338 g/mol. The lowest BCUT2D eigenvalue weighted by atomic mass is 10.1. The predicted octanol–water partition coefficient (Wildman–Crippen LogP) is 4.80. The molecule has 25 heavy (non-hydrogen) atoms. The van der Waals surface area contributed by atoms with E-state index in [-0.39, 0.29) is 5.91 Å². The SMILES string of the molecule is O=C(Nc1cc(-c2nc3cnccc3o2)ccc1Cl)c1ccccc1. The average molecular weight is 350 g/mol. The van der Waals surface area contributed by atoms with Gasteiger partial charge in [-0.3, -0.25) is 9.78 Å². The number of rotatable bonds is 3. The summed E-state index contributed by atoms with van der Waals surface area (Å²) in [6, 6.07) is 15.9. The van der Waals surface area contributed by atoms with Crippen molar-refractivity contribution in [2.45, 2.75) is 0 Å². The number of carbonyl (C=O) groups excluding carboxylic acids is 1. The van der Waals surface area contributed by atoms with Gasteiger partial charge >= 0.3 is 0 Å². The Kier molecular flexibility index (Phi) is 3.91. The third-order valence-corrected chi connectivity index (χ3v) is 4.02. The van der Waals surface area contributed by atoms with Crippen LogP contribution in [-0.2, 0) is 0 Å². The first-order valence-corrected chi connectivity index (χ1v) is 7.95. The minimum atomic E-state index is -0.235. The van der Waals surface area contributed by atoms with Crippen molar-refractivity contribution in [3.05, 3.63) is 77.6 Å². The molecule has 0 bridgehead atoms. The van der Waals surface area contributed by atoms with Crippen LogP contribution in [0, 0.1) is 0 Å². The molecule has 0 spiro atoms. The molecule has 2 heterocycles. The first kappa shape index (κ1) is 15.4. The number of aromatic nitrogens is 2. The van der Waals surface area contributed by atoms with Crippen molar-refractivity contribution >= 4 is 34.3 Å². The summed E-state index contributed by atoms with van der Waals surface area (Å²) in [7, 11) is 0. The first-order chi connectivity index (χ1) is 12.2. The predicted molar refractivity (Wildman–Crippen MR) is 96.6 cm³/mol. The highest BCUT2D eigenvalue weighted by atomic mass is 35.5. The topological polar surface area (TPSA) is 68.0 Å². The summed E-state index contributed by atoms with van der Waals surface area (Å²) in [5, 5.41) is 3.25. The molecule has 5 nitrogen and oxygen atoms in total. The Morgan fingerprint density at radius 3 is 2.72 bits per heavy atom. The zero-order valence-corrected chi connectivity index (χ0v) is 13.7. The van der Waals surface area contributed by atoms with E-state index in [4.69, 9.17) is 16.0 Å². The third-order valence-electron chi connectivity index (χ3n) is 3.69. The number of amides is 1. The van der Waals surface area contributed by atoms with E-state index in [0.717, 1.165) is 0 Å². The van der Waals surface area contributed by atoms with Crippen molar-refractivity contribution in [2.24, 2.45) is 0 Å². The molecule has 0 unspecified atom stereocenters. The number of hydrogen-bond acceptors (Lipinski definition) is 4. The second-order valence-electron chi connectivity index (χ2n) is 5.38. The smallest absolute Gasteiger partial charge is 0.255 e. The zero-order valence-electron chi connectivity index (χ0n) is 12.9. The van der Waals surface area contributed by atoms with Gasteiger partial charge in [-0.1, -0.05) is 29.8 Å². The molecule has 122 valence electrons. The molecule has 2 aromatic heterocycles. The van der Waals surface area contributed by atoms with Crippen LogP contribution in [0.1, 0.15) is 10.4 Å². The minimum absolute atomic E-state index is 0.235. The molecule has 0 aliphatic rings. The van der Waals surface area contributed by atoms with Crippen LogP contribution in [0.15, 0.2) is 71.4 Å². The maximum atomic E-state index is 12.3. The molecule has 0 aliphatic carbocycles. The summed E-state index contributed by atoms with van der Waals surface area (Å²) in [5.41, 5.74) is 3.08. The molecule has 0 fully saturated rings. The Hall–Kier alpha value is -3.18. The Labute approximate surface area is 148 Å². The molecule has 1 N–H and O–H groups in total. The number of nitrogens with zero attached hydrogens (tertiary/aromatic N) is 2. The number of pyridine rings is 1. The lowest BCUT2D eigenvalue weighted by molar-refractivity contribution is 0.102. The quantitative estimate of drug-likeness (QED) is 0.577. The van der Waals surface area contributed by atoms with Gasteiger partial charge in [-0.2, -0.15) is 0 Å². The number of halogens is 1. The molecule has 1 amide bonds. The summed E-state index contributed by atoms with van der Waals surface area (Å²) >= 11 is 6.22. The van der Waals surface area contributed by atoms with Crippen LogP contribution >= 0.6 is 11.6 Å². The van der Waals surface area contributed by atoms with Crippen molar-refractivity contribution in [1.29, 1.82) is 0 Å². The second-order valence-corrected chi connectivity index (χ2v) is 5.78. The summed E-state index contributed by atoms with van der Waals surface area (Å²) < 4.78 is 5.73. The van der Waals surface area contributed by atoms with Gasteiger partial charge in [0.15, 0.2) is 5.58 Å². The van der Waals surface area contributed by atoms with Gasteiger partial charge in [0.05, 0.1) is 16.9 Å². The Morgan fingerprint density at radius 1 is 1.08 bits per heavy atom. The standard InChI is InChI=1S/C19H12ClN3O2/c20-14-7-6-13(19-23-16-11-21-9-8-17(16)25-19)10-15(14)22-18(24)12-4-2-1-3-5-12/h1-11H,(H,22,24). The van der Waals surface area contributed by atoms with Gasteiger partial charge in [0.25, 0.3) is 5.91 Å². The third kappa shape index (κ3) is 3.09. The van der Waals surface area contributed by atoms with E-state index in [2.05, 4.69) is 15.3 Å². The van der Waals surface area contributed by atoms with Gasteiger partial charge in [0.2, 0.25) is 5.89 Å². The number of hydrogen-bond donors (Lipinski definition) is 1. The van der Waals surface area contributed by atoms with Crippen LogP contribution in [0.25, 0.3) is 22.6 Å². The highest BCUT2D eigenvalue weighted by molar-refractivity contribution is 6.34. The fraction of sp³-hybridized carbons (Fsp3) is 0. The second kappa shape index (κ2) is 6.37. The lowest BCUT2D eigenvalue weighted by Crippen LogP contribution is -2.12. The molecule has 0 radical (unpaired) electrons. The fourth-order valence-electron chi connectivity index (χ4n) is 2.44. The molecular formula is C19H12ClN3O2. The Bertz CT molecular complexity index is 1030. The number of benzene rings is 2. The largest absolute Gasteiger partial charge is 0.436 e. The van der Waals surface area contributed by atoms with Gasteiger partial charge in [0, 0.05) is 23.4 Å². The fourth-order valence-corrected chi connectivity index (χ4v) is 2.61. The van der Waals surface area contributed by atoms with E-state index < -0.39 is 0 Å². The number of anilines is 1. The summed E-state index contributed by atoms with van der Waals surface area (Å²) in [6.45, 7) is 0. The molecule has 0 atom stereocenters. The molecule has 6 heteroatoms. The van der Waals surface area contributed by atoms with Gasteiger partial charge in [-0.05, 0) is 30.3 Å². The number of oxazole rings is 1. The molecule has 0 aliphatic heterocycles. The van der Waals surface area contributed by atoms with Crippen LogP contribution in [-0.4, -0.2) is 15.9 Å². The maximum absolute atomic E-state index is 12.3. The average Bonchev–Trinajstić information content (AvgIpc) is 3.08. The van der Waals surface area contributed by atoms with Crippen LogP contribution in [0.4, 0.5) is 5.69 Å². The van der Waals surface area contributed by atoms with Crippen LogP contribution in [0.5, 0.6) is 0 Å². The van der Waals surface area contributed by atoms with Crippen molar-refractivity contribution in [2.75, 3.05) is 5.32 Å². The van der Waals surface area contributed by atoms with E-state index in [1.807, 2.05) is 6.07 Å². The monoisotopic (exact) mass is 349 g/mol. The number of carbonyl (C=O) groups is 1. The normalized spacial score (nSPS) is 10.8. The maximum Gasteiger partial charge on any atom is 0.255 e. The molecule has 4 aromatic rings. The molecule has 0 saturated heterocycles. The first-order valence-electron chi connectivity index (χ1n) is 7.57. The summed E-state index contributed by atoms with van der Waals surface area (Å²) in [6.07, 6.45) is 3.28. The van der Waals surface area contributed by atoms with Crippen molar-refractivity contribution in [1.82, 2.24) is 9.97 Å². The molecule has 2 aromatic carbocycles.